The highest BCUT2D eigenvalue weighted by atomic mass is 35.5. The minimum atomic E-state index is -3.66. The van der Waals surface area contributed by atoms with E-state index in [1.165, 1.54) is 16.4 Å². The van der Waals surface area contributed by atoms with Crippen molar-refractivity contribution in [3.8, 4) is 11.5 Å². The van der Waals surface area contributed by atoms with Gasteiger partial charge in [-0.1, -0.05) is 18.0 Å². The average Bonchev–Trinajstić information content (AvgIpc) is 2.76. The van der Waals surface area contributed by atoms with Crippen molar-refractivity contribution in [2.45, 2.75) is 57.1 Å². The number of nitrogens with one attached hydrogen (secondary N) is 1. The molecular weight excluding hydrogens is 452 g/mol. The standard InChI is InChI=1S/C23H29ClN2O5S/c1-16(2)30-22-12-11-20(32(28,29)26-13-5-4-6-14-26)15-21(22)25-23(27)17(3)31-19-9-7-18(24)8-10-19/h7-12,15-17H,4-6,13-14H2,1-3H3,(H,25,27). The molecule has 0 bridgehead atoms. The summed E-state index contributed by atoms with van der Waals surface area (Å²) in [6.45, 7) is 6.33. The first-order valence-corrected chi connectivity index (χ1v) is 12.5. The number of anilines is 1. The van der Waals surface area contributed by atoms with Crippen molar-refractivity contribution in [3.63, 3.8) is 0 Å². The Bertz CT molecular complexity index is 1030. The van der Waals surface area contributed by atoms with Crippen molar-refractivity contribution in [1.82, 2.24) is 4.31 Å². The lowest BCUT2D eigenvalue weighted by molar-refractivity contribution is -0.122. The van der Waals surface area contributed by atoms with E-state index >= 15 is 0 Å². The zero-order valence-electron chi connectivity index (χ0n) is 18.5. The second kappa shape index (κ2) is 10.6. The van der Waals surface area contributed by atoms with Crippen LogP contribution in [0.25, 0.3) is 0 Å². The largest absolute Gasteiger partial charge is 0.489 e. The molecule has 2 aromatic rings. The van der Waals surface area contributed by atoms with Crippen LogP contribution in [0.5, 0.6) is 11.5 Å². The number of ether oxygens (including phenoxy) is 2. The Labute approximate surface area is 194 Å². The van der Waals surface area contributed by atoms with Gasteiger partial charge in [-0.25, -0.2) is 8.42 Å². The number of sulfonamides is 1. The first-order chi connectivity index (χ1) is 15.2. The van der Waals surface area contributed by atoms with Gasteiger partial charge in [-0.15, -0.1) is 0 Å². The van der Waals surface area contributed by atoms with Gasteiger partial charge >= 0.3 is 0 Å². The summed E-state index contributed by atoms with van der Waals surface area (Å²) < 4.78 is 39.2. The van der Waals surface area contributed by atoms with Gasteiger partial charge in [-0.2, -0.15) is 4.31 Å². The summed E-state index contributed by atoms with van der Waals surface area (Å²) >= 11 is 5.88. The summed E-state index contributed by atoms with van der Waals surface area (Å²) in [7, 11) is -3.66. The smallest absolute Gasteiger partial charge is 0.265 e. The fourth-order valence-electron chi connectivity index (χ4n) is 3.38. The minimum absolute atomic E-state index is 0.122. The van der Waals surface area contributed by atoms with E-state index < -0.39 is 22.0 Å². The molecule has 0 radical (unpaired) electrons. The molecule has 1 saturated heterocycles. The molecule has 32 heavy (non-hydrogen) atoms. The number of rotatable bonds is 8. The molecule has 1 aliphatic heterocycles. The second-order valence-corrected chi connectivity index (χ2v) is 10.4. The minimum Gasteiger partial charge on any atom is -0.489 e. The van der Waals surface area contributed by atoms with Gasteiger partial charge in [0.25, 0.3) is 5.91 Å². The van der Waals surface area contributed by atoms with Crippen molar-refractivity contribution in [2.75, 3.05) is 18.4 Å². The lowest BCUT2D eigenvalue weighted by Gasteiger charge is -2.26. The molecule has 1 atom stereocenters. The van der Waals surface area contributed by atoms with Crippen LogP contribution in [-0.2, 0) is 14.8 Å². The van der Waals surface area contributed by atoms with Gasteiger partial charge in [0.2, 0.25) is 10.0 Å². The van der Waals surface area contributed by atoms with Crippen LogP contribution in [0.3, 0.4) is 0 Å². The molecule has 9 heteroatoms. The lowest BCUT2D eigenvalue weighted by Crippen LogP contribution is -2.35. The first-order valence-electron chi connectivity index (χ1n) is 10.7. The van der Waals surface area contributed by atoms with Crippen LogP contribution >= 0.6 is 11.6 Å². The van der Waals surface area contributed by atoms with Crippen LogP contribution in [0.1, 0.15) is 40.0 Å². The van der Waals surface area contributed by atoms with Crippen LogP contribution in [0, 0.1) is 0 Å². The molecule has 1 N–H and O–H groups in total. The summed E-state index contributed by atoms with van der Waals surface area (Å²) in [6, 6.07) is 11.2. The number of carbonyl (C=O) groups excluding carboxylic acids is 1. The number of nitrogens with zero attached hydrogens (tertiary/aromatic N) is 1. The Morgan fingerprint density at radius 2 is 1.66 bits per heavy atom. The summed E-state index contributed by atoms with van der Waals surface area (Å²) in [4.78, 5) is 12.9. The molecule has 3 rings (SSSR count). The number of carbonyl (C=O) groups is 1. The third kappa shape index (κ3) is 6.15. The van der Waals surface area contributed by atoms with Crippen LogP contribution < -0.4 is 14.8 Å². The van der Waals surface area contributed by atoms with E-state index in [4.69, 9.17) is 21.1 Å². The van der Waals surface area contributed by atoms with Gasteiger partial charge in [-0.3, -0.25) is 4.79 Å². The zero-order chi connectivity index (χ0) is 23.3. The van der Waals surface area contributed by atoms with Gasteiger partial charge in [0.05, 0.1) is 16.7 Å². The van der Waals surface area contributed by atoms with Crippen LogP contribution in [0.4, 0.5) is 5.69 Å². The van der Waals surface area contributed by atoms with Crippen molar-refractivity contribution >= 4 is 33.2 Å². The van der Waals surface area contributed by atoms with E-state index in [-0.39, 0.29) is 16.7 Å². The highest BCUT2D eigenvalue weighted by molar-refractivity contribution is 7.89. The van der Waals surface area contributed by atoms with E-state index in [1.54, 1.807) is 37.3 Å². The summed E-state index contributed by atoms with van der Waals surface area (Å²) in [5.41, 5.74) is 0.286. The molecule has 7 nitrogen and oxygen atoms in total. The van der Waals surface area contributed by atoms with E-state index in [2.05, 4.69) is 5.32 Å². The maximum Gasteiger partial charge on any atom is 0.265 e. The fraction of sp³-hybridized carbons (Fsp3) is 0.435. The van der Waals surface area contributed by atoms with Crippen LogP contribution in [-0.4, -0.2) is 43.9 Å². The molecule has 0 spiro atoms. The summed E-state index contributed by atoms with van der Waals surface area (Å²) in [5.74, 6) is 0.461. The molecule has 0 aliphatic carbocycles. The van der Waals surface area contributed by atoms with Crippen molar-refractivity contribution in [2.24, 2.45) is 0 Å². The Kier molecular flexibility index (Phi) is 8.03. The summed E-state index contributed by atoms with van der Waals surface area (Å²) in [5, 5.41) is 3.33. The molecule has 1 amide bonds. The van der Waals surface area contributed by atoms with Crippen molar-refractivity contribution in [1.29, 1.82) is 0 Å². The van der Waals surface area contributed by atoms with Gasteiger partial charge in [0.1, 0.15) is 11.5 Å². The van der Waals surface area contributed by atoms with Gasteiger partial charge in [-0.05, 0) is 76.1 Å². The SMILES string of the molecule is CC(C)Oc1ccc(S(=O)(=O)N2CCCCC2)cc1NC(=O)C(C)Oc1ccc(Cl)cc1. The normalized spacial score (nSPS) is 15.9. The molecule has 1 aliphatic rings. The second-order valence-electron chi connectivity index (χ2n) is 7.99. The van der Waals surface area contributed by atoms with Gasteiger partial charge < -0.3 is 14.8 Å². The Hall–Kier alpha value is -2.29. The van der Waals surface area contributed by atoms with Crippen molar-refractivity contribution in [3.05, 3.63) is 47.5 Å². The maximum absolute atomic E-state index is 13.1. The highest BCUT2D eigenvalue weighted by Gasteiger charge is 2.27. The van der Waals surface area contributed by atoms with Crippen LogP contribution in [0.2, 0.25) is 5.02 Å². The molecule has 2 aromatic carbocycles. The topological polar surface area (TPSA) is 84.9 Å². The zero-order valence-corrected chi connectivity index (χ0v) is 20.1. The average molecular weight is 481 g/mol. The van der Waals surface area contributed by atoms with Crippen molar-refractivity contribution < 1.29 is 22.7 Å². The summed E-state index contributed by atoms with van der Waals surface area (Å²) in [6.07, 6.45) is 1.73. The number of halogens is 1. The van der Waals surface area contributed by atoms with E-state index in [0.717, 1.165) is 19.3 Å². The number of benzene rings is 2. The third-order valence-corrected chi connectivity index (χ3v) is 7.17. The fourth-order valence-corrected chi connectivity index (χ4v) is 5.05. The molecule has 0 saturated carbocycles. The van der Waals surface area contributed by atoms with Gasteiger partial charge in [0.15, 0.2) is 6.10 Å². The maximum atomic E-state index is 13.1. The Balaban J connectivity index is 1.82. The quantitative estimate of drug-likeness (QED) is 0.591. The monoisotopic (exact) mass is 480 g/mol. The number of hydrogen-bond donors (Lipinski definition) is 1. The molecule has 174 valence electrons. The van der Waals surface area contributed by atoms with E-state index in [9.17, 15) is 13.2 Å². The molecule has 1 fully saturated rings. The number of hydrogen-bond acceptors (Lipinski definition) is 5. The number of amides is 1. The highest BCUT2D eigenvalue weighted by Crippen LogP contribution is 2.31. The Morgan fingerprint density at radius 1 is 1.00 bits per heavy atom. The van der Waals surface area contributed by atoms with E-state index in [0.29, 0.717) is 29.6 Å². The predicted octanol–water partition coefficient (Wildman–Crippen LogP) is 4.71. The first kappa shape index (κ1) is 24.4. The number of piperidine rings is 1. The van der Waals surface area contributed by atoms with Crippen LogP contribution in [0.15, 0.2) is 47.4 Å². The van der Waals surface area contributed by atoms with E-state index in [1.807, 2.05) is 13.8 Å². The lowest BCUT2D eigenvalue weighted by atomic mass is 10.2. The predicted molar refractivity (Wildman–Crippen MR) is 125 cm³/mol. The molecule has 1 heterocycles. The molecular formula is C23H29ClN2O5S. The van der Waals surface area contributed by atoms with Gasteiger partial charge in [0, 0.05) is 18.1 Å². The third-order valence-electron chi connectivity index (χ3n) is 5.02. The molecule has 1 unspecified atom stereocenters. The molecule has 0 aromatic heterocycles. The Morgan fingerprint density at radius 3 is 2.28 bits per heavy atom.